The molecule has 1 saturated heterocycles. The topological polar surface area (TPSA) is 29.1 Å². The predicted octanol–water partition coefficient (Wildman–Crippen LogP) is 4.03. The summed E-state index contributed by atoms with van der Waals surface area (Å²) >= 11 is 6.02. The lowest BCUT2D eigenvalue weighted by molar-refractivity contribution is 0.0801. The van der Waals surface area contributed by atoms with Crippen molar-refractivity contribution in [1.29, 1.82) is 0 Å². The number of ketones is 1. The molecule has 106 valence electrons. The Labute approximate surface area is 126 Å². The van der Waals surface area contributed by atoms with Crippen molar-refractivity contribution in [1.82, 2.24) is 5.32 Å². The molecule has 0 radical (unpaired) electrons. The van der Waals surface area contributed by atoms with E-state index >= 15 is 0 Å². The molecular formula is C15H21Cl2NO. The van der Waals surface area contributed by atoms with Crippen LogP contribution in [0.3, 0.4) is 0 Å². The molecule has 0 saturated carbocycles. The molecule has 1 fully saturated rings. The van der Waals surface area contributed by atoms with Crippen LogP contribution in [0.15, 0.2) is 18.2 Å². The third-order valence-electron chi connectivity index (χ3n) is 3.87. The third kappa shape index (κ3) is 3.31. The monoisotopic (exact) mass is 301 g/mol. The van der Waals surface area contributed by atoms with Gasteiger partial charge in [0.1, 0.15) is 0 Å². The number of hydrogen-bond acceptors (Lipinski definition) is 2. The van der Waals surface area contributed by atoms with Gasteiger partial charge in [-0.1, -0.05) is 24.9 Å². The van der Waals surface area contributed by atoms with Gasteiger partial charge in [-0.2, -0.15) is 0 Å². The molecule has 1 N–H and O–H groups in total. The van der Waals surface area contributed by atoms with Gasteiger partial charge in [0.2, 0.25) is 0 Å². The Morgan fingerprint density at radius 3 is 2.74 bits per heavy atom. The molecule has 0 spiro atoms. The normalized spacial score (nSPS) is 22.1. The summed E-state index contributed by atoms with van der Waals surface area (Å²) in [5.74, 6) is 0.272. The Morgan fingerprint density at radius 1 is 1.47 bits per heavy atom. The van der Waals surface area contributed by atoms with Crippen molar-refractivity contribution in [2.24, 2.45) is 5.41 Å². The number of Topliss-reactive ketones (excluding diaryl/α,β-unsaturated/α-hetero) is 1. The second-order valence-corrected chi connectivity index (χ2v) is 5.66. The maximum atomic E-state index is 12.7. The van der Waals surface area contributed by atoms with Crippen molar-refractivity contribution >= 4 is 29.8 Å². The van der Waals surface area contributed by atoms with Crippen LogP contribution in [-0.2, 0) is 0 Å². The number of carbonyl (C=O) groups excluding carboxylic acids is 1. The molecule has 1 aromatic rings. The summed E-state index contributed by atoms with van der Waals surface area (Å²) in [6.07, 6.45) is 2.95. The van der Waals surface area contributed by atoms with Gasteiger partial charge >= 0.3 is 0 Å². The molecule has 1 atom stereocenters. The summed E-state index contributed by atoms with van der Waals surface area (Å²) in [5, 5.41) is 4.05. The van der Waals surface area contributed by atoms with Gasteiger partial charge in [0.15, 0.2) is 5.78 Å². The van der Waals surface area contributed by atoms with Gasteiger partial charge in [-0.25, -0.2) is 0 Å². The molecule has 2 nitrogen and oxygen atoms in total. The molecule has 2 rings (SSSR count). The van der Waals surface area contributed by atoms with Crippen LogP contribution in [0.25, 0.3) is 0 Å². The van der Waals surface area contributed by atoms with Crippen LogP contribution in [0.2, 0.25) is 5.02 Å². The SMILES string of the molecule is CCC[C@]1(C(=O)c2ccc(Cl)c(C)c2)CCNC1.Cl. The Balaban J connectivity index is 0.00000180. The minimum absolute atomic E-state index is 0. The van der Waals surface area contributed by atoms with Gasteiger partial charge < -0.3 is 5.32 Å². The lowest BCUT2D eigenvalue weighted by Crippen LogP contribution is -2.33. The van der Waals surface area contributed by atoms with Gasteiger partial charge in [0.25, 0.3) is 0 Å². The van der Waals surface area contributed by atoms with Crippen LogP contribution >= 0.6 is 24.0 Å². The van der Waals surface area contributed by atoms with E-state index in [9.17, 15) is 4.79 Å². The number of halogens is 2. The molecule has 1 heterocycles. The van der Waals surface area contributed by atoms with Gasteiger partial charge in [-0.05, 0) is 50.1 Å². The van der Waals surface area contributed by atoms with E-state index in [1.54, 1.807) is 0 Å². The molecule has 0 unspecified atom stereocenters. The van der Waals surface area contributed by atoms with E-state index in [0.29, 0.717) is 0 Å². The Morgan fingerprint density at radius 2 is 2.21 bits per heavy atom. The van der Waals surface area contributed by atoms with Crippen molar-refractivity contribution < 1.29 is 4.79 Å². The molecule has 4 heteroatoms. The Bertz CT molecular complexity index is 453. The lowest BCUT2D eigenvalue weighted by atomic mass is 9.76. The second kappa shape index (κ2) is 6.74. The number of nitrogens with one attached hydrogen (secondary N) is 1. The van der Waals surface area contributed by atoms with E-state index < -0.39 is 0 Å². The fourth-order valence-electron chi connectivity index (χ4n) is 2.84. The highest BCUT2D eigenvalue weighted by molar-refractivity contribution is 6.31. The zero-order chi connectivity index (χ0) is 13.2. The number of benzene rings is 1. The molecule has 19 heavy (non-hydrogen) atoms. The summed E-state index contributed by atoms with van der Waals surface area (Å²) in [4.78, 5) is 12.7. The van der Waals surface area contributed by atoms with Crippen LogP contribution in [0.5, 0.6) is 0 Å². The van der Waals surface area contributed by atoms with Crippen molar-refractivity contribution in [2.45, 2.75) is 33.1 Å². The molecule has 0 aliphatic carbocycles. The van der Waals surface area contributed by atoms with Gasteiger partial charge in [0, 0.05) is 22.5 Å². The van der Waals surface area contributed by atoms with Crippen LogP contribution in [0.1, 0.15) is 42.1 Å². The van der Waals surface area contributed by atoms with Crippen molar-refractivity contribution in [3.8, 4) is 0 Å². The van der Waals surface area contributed by atoms with Crippen molar-refractivity contribution in [3.05, 3.63) is 34.3 Å². The highest BCUT2D eigenvalue weighted by Gasteiger charge is 2.40. The van der Waals surface area contributed by atoms with E-state index in [1.165, 1.54) is 0 Å². The molecule has 1 aromatic carbocycles. The minimum atomic E-state index is -0.199. The van der Waals surface area contributed by atoms with Crippen LogP contribution in [0.4, 0.5) is 0 Å². The van der Waals surface area contributed by atoms with Gasteiger partial charge in [0.05, 0.1) is 0 Å². The van der Waals surface area contributed by atoms with Crippen LogP contribution < -0.4 is 5.32 Å². The molecule has 0 amide bonds. The summed E-state index contributed by atoms with van der Waals surface area (Å²) in [7, 11) is 0. The first-order valence-corrected chi connectivity index (χ1v) is 6.98. The summed E-state index contributed by atoms with van der Waals surface area (Å²) < 4.78 is 0. The van der Waals surface area contributed by atoms with E-state index in [1.807, 2.05) is 25.1 Å². The molecular weight excluding hydrogens is 281 g/mol. The zero-order valence-electron chi connectivity index (χ0n) is 11.5. The fourth-order valence-corrected chi connectivity index (χ4v) is 2.95. The average Bonchev–Trinajstić information content (AvgIpc) is 2.82. The minimum Gasteiger partial charge on any atom is -0.316 e. The van der Waals surface area contributed by atoms with E-state index in [2.05, 4.69) is 12.2 Å². The standard InChI is InChI=1S/C15H20ClNO.ClH/c1-3-6-15(7-8-17-10-15)14(18)12-4-5-13(16)11(2)9-12;/h4-5,9,17H,3,6-8,10H2,1-2H3;1H/t15-;/m0./s1. The first kappa shape index (κ1) is 16.5. The highest BCUT2D eigenvalue weighted by Crippen LogP contribution is 2.35. The third-order valence-corrected chi connectivity index (χ3v) is 4.30. The Kier molecular flexibility index (Phi) is 5.84. The molecule has 0 bridgehead atoms. The van der Waals surface area contributed by atoms with Gasteiger partial charge in [-0.15, -0.1) is 12.4 Å². The van der Waals surface area contributed by atoms with Crippen molar-refractivity contribution in [3.63, 3.8) is 0 Å². The second-order valence-electron chi connectivity index (χ2n) is 5.25. The largest absolute Gasteiger partial charge is 0.316 e. The zero-order valence-corrected chi connectivity index (χ0v) is 13.0. The summed E-state index contributed by atoms with van der Waals surface area (Å²) in [6.45, 7) is 5.83. The smallest absolute Gasteiger partial charge is 0.170 e. The molecule has 1 aliphatic heterocycles. The average molecular weight is 302 g/mol. The highest BCUT2D eigenvalue weighted by atomic mass is 35.5. The summed E-state index contributed by atoms with van der Waals surface area (Å²) in [6, 6.07) is 5.60. The number of rotatable bonds is 4. The maximum absolute atomic E-state index is 12.7. The van der Waals surface area contributed by atoms with Crippen LogP contribution in [0, 0.1) is 12.3 Å². The predicted molar refractivity (Wildman–Crippen MR) is 82.6 cm³/mol. The number of carbonyl (C=O) groups is 1. The first-order chi connectivity index (χ1) is 8.59. The van der Waals surface area contributed by atoms with Gasteiger partial charge in [-0.3, -0.25) is 4.79 Å². The first-order valence-electron chi connectivity index (χ1n) is 6.61. The van der Waals surface area contributed by atoms with Crippen LogP contribution in [-0.4, -0.2) is 18.9 Å². The van der Waals surface area contributed by atoms with Crippen molar-refractivity contribution in [2.75, 3.05) is 13.1 Å². The van der Waals surface area contributed by atoms with E-state index in [4.69, 9.17) is 11.6 Å². The summed E-state index contributed by atoms with van der Waals surface area (Å²) in [5.41, 5.74) is 1.57. The lowest BCUT2D eigenvalue weighted by Gasteiger charge is -2.26. The fraction of sp³-hybridized carbons (Fsp3) is 0.533. The van der Waals surface area contributed by atoms with E-state index in [0.717, 1.165) is 48.5 Å². The molecule has 0 aromatic heterocycles. The number of aryl methyl sites for hydroxylation is 1. The quantitative estimate of drug-likeness (QED) is 0.851. The number of hydrogen-bond donors (Lipinski definition) is 1. The Hall–Kier alpha value is -0.570. The molecule has 1 aliphatic rings. The maximum Gasteiger partial charge on any atom is 0.170 e. The van der Waals surface area contributed by atoms with E-state index in [-0.39, 0.29) is 23.6 Å².